The Balaban J connectivity index is 3.32. The van der Waals surface area contributed by atoms with Crippen molar-refractivity contribution in [1.29, 1.82) is 0 Å². The molecule has 15 heavy (non-hydrogen) atoms. The van der Waals surface area contributed by atoms with E-state index in [0.717, 1.165) is 0 Å². The average Bonchev–Trinajstić information content (AvgIpc) is 2.17. The molecule has 5 nitrogen and oxygen atoms in total. The predicted molar refractivity (Wildman–Crippen MR) is 56.6 cm³/mol. The van der Waals surface area contributed by atoms with E-state index in [0.29, 0.717) is 32.8 Å². The summed E-state index contributed by atoms with van der Waals surface area (Å²) in [6.07, 6.45) is 0.466. The Labute approximate surface area is 90.8 Å². The number of aliphatic hydroxyl groups excluding tert-OH is 1. The van der Waals surface area contributed by atoms with Gasteiger partial charge in [0.15, 0.2) is 0 Å². The molecule has 0 saturated heterocycles. The minimum atomic E-state index is 0.00662. The van der Waals surface area contributed by atoms with Gasteiger partial charge >= 0.3 is 0 Å². The second-order valence-electron chi connectivity index (χ2n) is 3.45. The second-order valence-corrected chi connectivity index (χ2v) is 3.45. The molecule has 0 aromatic heterocycles. The third-order valence-corrected chi connectivity index (χ3v) is 1.79. The monoisotopic (exact) mass is 219 g/mol. The van der Waals surface area contributed by atoms with Crippen LogP contribution in [0.3, 0.4) is 0 Å². The number of carbonyl (C=O) groups is 1. The van der Waals surface area contributed by atoms with E-state index in [4.69, 9.17) is 14.6 Å². The van der Waals surface area contributed by atoms with E-state index in [1.54, 1.807) is 7.11 Å². The first-order chi connectivity index (χ1) is 7.20. The molecule has 0 bridgehead atoms. The van der Waals surface area contributed by atoms with E-state index in [1.165, 1.54) is 0 Å². The molecule has 1 amide bonds. The molecular weight excluding hydrogens is 198 g/mol. The van der Waals surface area contributed by atoms with Crippen molar-refractivity contribution >= 4 is 5.91 Å². The molecule has 0 spiro atoms. The summed E-state index contributed by atoms with van der Waals surface area (Å²) in [6, 6.07) is 0. The molecule has 5 heteroatoms. The van der Waals surface area contributed by atoms with E-state index < -0.39 is 0 Å². The summed E-state index contributed by atoms with van der Waals surface area (Å²) in [4.78, 5) is 11.3. The number of ether oxygens (including phenoxy) is 2. The number of nitrogens with one attached hydrogen (secondary N) is 1. The lowest BCUT2D eigenvalue weighted by Gasteiger charge is -2.10. The normalized spacial score (nSPS) is 12.5. The number of hydrogen-bond donors (Lipinski definition) is 2. The highest BCUT2D eigenvalue weighted by atomic mass is 16.5. The maximum absolute atomic E-state index is 11.3. The number of carbonyl (C=O) groups excluding carboxylic acids is 1. The van der Waals surface area contributed by atoms with Gasteiger partial charge in [-0.25, -0.2) is 0 Å². The van der Waals surface area contributed by atoms with E-state index in [9.17, 15) is 4.79 Å². The Morgan fingerprint density at radius 2 is 2.20 bits per heavy atom. The van der Waals surface area contributed by atoms with Gasteiger partial charge in [0.1, 0.15) is 0 Å². The summed E-state index contributed by atoms with van der Waals surface area (Å²) in [5.41, 5.74) is 0. The maximum Gasteiger partial charge on any atom is 0.220 e. The Morgan fingerprint density at radius 1 is 1.47 bits per heavy atom. The molecular formula is C10H21NO4. The first kappa shape index (κ1) is 14.3. The van der Waals surface area contributed by atoms with E-state index in [-0.39, 0.29) is 18.4 Å². The van der Waals surface area contributed by atoms with E-state index in [2.05, 4.69) is 5.32 Å². The van der Waals surface area contributed by atoms with Crippen LogP contribution in [-0.2, 0) is 14.3 Å². The second kappa shape index (κ2) is 9.89. The summed E-state index contributed by atoms with van der Waals surface area (Å²) < 4.78 is 9.93. The lowest BCUT2D eigenvalue weighted by atomic mass is 10.1. The molecule has 0 rings (SSSR count). The fraction of sp³-hybridized carbons (Fsp3) is 0.900. The molecule has 0 aliphatic heterocycles. The lowest BCUT2D eigenvalue weighted by Crippen LogP contribution is -2.29. The zero-order valence-corrected chi connectivity index (χ0v) is 9.49. The molecule has 1 unspecified atom stereocenters. The van der Waals surface area contributed by atoms with Gasteiger partial charge in [0.05, 0.1) is 19.8 Å². The van der Waals surface area contributed by atoms with Gasteiger partial charge in [-0.3, -0.25) is 4.79 Å². The smallest absolute Gasteiger partial charge is 0.220 e. The molecule has 0 radical (unpaired) electrons. The molecule has 0 saturated carbocycles. The quantitative estimate of drug-likeness (QED) is 0.526. The topological polar surface area (TPSA) is 67.8 Å². The van der Waals surface area contributed by atoms with Crippen LogP contribution in [0.4, 0.5) is 0 Å². The van der Waals surface area contributed by atoms with Gasteiger partial charge < -0.3 is 19.9 Å². The SMILES string of the molecule is COCC(C)CC(=O)NCCOCCO. The van der Waals surface area contributed by atoms with Crippen molar-refractivity contribution in [3.63, 3.8) is 0 Å². The van der Waals surface area contributed by atoms with Gasteiger partial charge in [0, 0.05) is 26.7 Å². The van der Waals surface area contributed by atoms with Crippen LogP contribution in [0, 0.1) is 5.92 Å². The largest absolute Gasteiger partial charge is 0.394 e. The van der Waals surface area contributed by atoms with Crippen LogP contribution >= 0.6 is 0 Å². The average molecular weight is 219 g/mol. The Bertz CT molecular complexity index is 164. The third-order valence-electron chi connectivity index (χ3n) is 1.79. The number of aliphatic hydroxyl groups is 1. The van der Waals surface area contributed by atoms with Crippen molar-refractivity contribution in [2.24, 2.45) is 5.92 Å². The van der Waals surface area contributed by atoms with Crippen LogP contribution in [0.2, 0.25) is 0 Å². The highest BCUT2D eigenvalue weighted by Crippen LogP contribution is 2.00. The zero-order valence-electron chi connectivity index (χ0n) is 9.49. The number of rotatable bonds is 9. The van der Waals surface area contributed by atoms with Gasteiger partial charge in [0.25, 0.3) is 0 Å². The Morgan fingerprint density at radius 3 is 2.80 bits per heavy atom. The van der Waals surface area contributed by atoms with Crippen LogP contribution in [0.1, 0.15) is 13.3 Å². The minimum absolute atomic E-state index is 0.00662. The number of hydrogen-bond acceptors (Lipinski definition) is 4. The van der Waals surface area contributed by atoms with Crippen LogP contribution in [0.15, 0.2) is 0 Å². The number of amides is 1. The predicted octanol–water partition coefficient (Wildman–Crippen LogP) is -0.216. The van der Waals surface area contributed by atoms with Crippen LogP contribution in [-0.4, -0.2) is 51.1 Å². The molecule has 0 aromatic carbocycles. The van der Waals surface area contributed by atoms with Crippen molar-refractivity contribution in [3.8, 4) is 0 Å². The molecule has 0 aliphatic carbocycles. The van der Waals surface area contributed by atoms with Crippen molar-refractivity contribution in [3.05, 3.63) is 0 Å². The first-order valence-electron chi connectivity index (χ1n) is 5.15. The van der Waals surface area contributed by atoms with Crippen molar-refractivity contribution in [2.75, 3.05) is 40.1 Å². The van der Waals surface area contributed by atoms with Crippen molar-refractivity contribution in [2.45, 2.75) is 13.3 Å². The molecule has 90 valence electrons. The summed E-state index contributed by atoms with van der Waals surface area (Å²) in [6.45, 7) is 3.80. The standard InChI is InChI=1S/C10H21NO4/c1-9(8-14-2)7-10(13)11-3-5-15-6-4-12/h9,12H,3-8H2,1-2H3,(H,11,13). The van der Waals surface area contributed by atoms with Crippen molar-refractivity contribution < 1.29 is 19.4 Å². The zero-order chi connectivity index (χ0) is 11.5. The third kappa shape index (κ3) is 9.65. The van der Waals surface area contributed by atoms with Gasteiger partial charge in [-0.15, -0.1) is 0 Å². The minimum Gasteiger partial charge on any atom is -0.394 e. The fourth-order valence-corrected chi connectivity index (χ4v) is 1.16. The molecule has 2 N–H and O–H groups in total. The van der Waals surface area contributed by atoms with Crippen LogP contribution in [0.5, 0.6) is 0 Å². The lowest BCUT2D eigenvalue weighted by molar-refractivity contribution is -0.122. The maximum atomic E-state index is 11.3. The Kier molecular flexibility index (Phi) is 9.46. The van der Waals surface area contributed by atoms with Gasteiger partial charge in [-0.2, -0.15) is 0 Å². The van der Waals surface area contributed by atoms with E-state index in [1.807, 2.05) is 6.92 Å². The van der Waals surface area contributed by atoms with E-state index >= 15 is 0 Å². The van der Waals surface area contributed by atoms with Gasteiger partial charge in [0.2, 0.25) is 5.91 Å². The summed E-state index contributed by atoms with van der Waals surface area (Å²) >= 11 is 0. The highest BCUT2D eigenvalue weighted by molar-refractivity contribution is 5.76. The molecule has 0 fully saturated rings. The highest BCUT2D eigenvalue weighted by Gasteiger charge is 2.07. The summed E-state index contributed by atoms with van der Waals surface area (Å²) in [7, 11) is 1.62. The van der Waals surface area contributed by atoms with Gasteiger partial charge in [-0.05, 0) is 5.92 Å². The number of methoxy groups -OCH3 is 1. The van der Waals surface area contributed by atoms with Gasteiger partial charge in [-0.1, -0.05) is 6.92 Å². The molecule has 0 aromatic rings. The van der Waals surface area contributed by atoms with Crippen LogP contribution in [0.25, 0.3) is 0 Å². The van der Waals surface area contributed by atoms with Crippen LogP contribution < -0.4 is 5.32 Å². The van der Waals surface area contributed by atoms with Crippen molar-refractivity contribution in [1.82, 2.24) is 5.32 Å². The summed E-state index contributed by atoms with van der Waals surface area (Å²) in [5, 5.41) is 11.2. The summed E-state index contributed by atoms with van der Waals surface area (Å²) in [5.74, 6) is 0.237. The molecule has 1 atom stereocenters. The first-order valence-corrected chi connectivity index (χ1v) is 5.15. The fourth-order valence-electron chi connectivity index (χ4n) is 1.16. The Hall–Kier alpha value is -0.650. The molecule has 0 heterocycles. The molecule has 0 aliphatic rings.